The fraction of sp³-hybridized carbons (Fsp3) is 0.458. The molecule has 166 valence electrons. The highest BCUT2D eigenvalue weighted by Crippen LogP contribution is 2.55. The molecule has 0 unspecified atom stereocenters. The largest absolute Gasteiger partial charge is 0.380 e. The van der Waals surface area contributed by atoms with Gasteiger partial charge in [-0.05, 0) is 49.3 Å². The molecule has 2 amide bonds. The standard InChI is InChI=1S/C24H25FN4O3/c1-28(12-30)7-6-17(31)5-4-14-10-19-18(11-20(14)25)15-8-16(9-15)29-22(13-2-3-13)21(23(26)32)27-24(19)29/h10-13,15-17,31H,2-3,6-9H2,1H3,(H2,26,32)/t15?,16?,17-/m0/s1. The molecule has 7 nitrogen and oxygen atoms in total. The molecule has 2 aliphatic carbocycles. The van der Waals surface area contributed by atoms with Crippen molar-refractivity contribution in [1.29, 1.82) is 0 Å². The van der Waals surface area contributed by atoms with Gasteiger partial charge in [0.2, 0.25) is 6.41 Å². The van der Waals surface area contributed by atoms with Gasteiger partial charge in [0.15, 0.2) is 0 Å². The molecule has 1 atom stereocenters. The Morgan fingerprint density at radius 2 is 2.16 bits per heavy atom. The second kappa shape index (κ2) is 7.75. The lowest BCUT2D eigenvalue weighted by molar-refractivity contribution is -0.117. The summed E-state index contributed by atoms with van der Waals surface area (Å²) in [6, 6.07) is 3.45. The summed E-state index contributed by atoms with van der Waals surface area (Å²) in [6.45, 7) is 0.354. The summed E-state index contributed by atoms with van der Waals surface area (Å²) in [4.78, 5) is 28.9. The summed E-state index contributed by atoms with van der Waals surface area (Å²) < 4.78 is 17.1. The molecule has 0 radical (unpaired) electrons. The lowest BCUT2D eigenvalue weighted by Crippen LogP contribution is -2.25. The molecule has 6 rings (SSSR count). The number of aliphatic hydroxyl groups is 1. The van der Waals surface area contributed by atoms with Crippen LogP contribution in [0.2, 0.25) is 0 Å². The van der Waals surface area contributed by atoms with E-state index in [0.717, 1.165) is 42.5 Å². The number of aromatic nitrogens is 2. The summed E-state index contributed by atoms with van der Waals surface area (Å²) in [7, 11) is 1.61. The predicted octanol–water partition coefficient (Wildman–Crippen LogP) is 2.29. The average Bonchev–Trinajstić information content (AvgIpc) is 3.53. The molecule has 2 saturated carbocycles. The number of nitrogens with zero attached hydrogens (tertiary/aromatic N) is 3. The molecule has 3 heterocycles. The summed E-state index contributed by atoms with van der Waals surface area (Å²) >= 11 is 0. The first kappa shape index (κ1) is 20.7. The van der Waals surface area contributed by atoms with E-state index in [0.29, 0.717) is 30.4 Å². The Kier molecular flexibility index (Phi) is 5.01. The van der Waals surface area contributed by atoms with Crippen LogP contribution >= 0.6 is 0 Å². The molecule has 3 N–H and O–H groups in total. The zero-order chi connectivity index (χ0) is 22.6. The summed E-state index contributed by atoms with van der Waals surface area (Å²) in [6.07, 6.45) is 3.79. The number of hydrogen-bond donors (Lipinski definition) is 2. The van der Waals surface area contributed by atoms with Crippen LogP contribution in [0.25, 0.3) is 11.4 Å². The average molecular weight is 436 g/mol. The maximum atomic E-state index is 14.9. The monoisotopic (exact) mass is 436 g/mol. The van der Waals surface area contributed by atoms with Crippen LogP contribution < -0.4 is 5.73 Å². The third-order valence-electron chi connectivity index (χ3n) is 6.75. The molecule has 2 aliphatic heterocycles. The number of aliphatic hydroxyl groups excluding tert-OH is 1. The van der Waals surface area contributed by atoms with Crippen LogP contribution in [0, 0.1) is 17.7 Å². The molecule has 0 spiro atoms. The lowest BCUT2D eigenvalue weighted by Gasteiger charge is -2.35. The number of hydrogen-bond acceptors (Lipinski definition) is 4. The third-order valence-corrected chi connectivity index (χ3v) is 6.75. The highest BCUT2D eigenvalue weighted by Gasteiger charge is 2.44. The Bertz CT molecular complexity index is 1170. The van der Waals surface area contributed by atoms with Crippen molar-refractivity contribution in [3.05, 3.63) is 40.5 Å². The maximum absolute atomic E-state index is 14.9. The van der Waals surface area contributed by atoms with Gasteiger partial charge in [0.05, 0.1) is 11.3 Å². The van der Waals surface area contributed by atoms with Crippen LogP contribution in [0.3, 0.4) is 0 Å². The van der Waals surface area contributed by atoms with Gasteiger partial charge in [0.1, 0.15) is 23.4 Å². The second-order valence-electron chi connectivity index (χ2n) is 9.08. The van der Waals surface area contributed by atoms with Crippen molar-refractivity contribution in [1.82, 2.24) is 14.5 Å². The molecule has 8 heteroatoms. The minimum Gasteiger partial charge on any atom is -0.380 e. The first-order chi connectivity index (χ1) is 15.4. The highest BCUT2D eigenvalue weighted by atomic mass is 19.1. The summed E-state index contributed by atoms with van der Waals surface area (Å²) in [5.41, 5.74) is 8.75. The van der Waals surface area contributed by atoms with Gasteiger partial charge in [-0.25, -0.2) is 9.37 Å². The van der Waals surface area contributed by atoms with Crippen LogP contribution in [-0.4, -0.2) is 51.6 Å². The third kappa shape index (κ3) is 3.47. The number of nitrogens with two attached hydrogens (primary N) is 1. The number of imidazole rings is 1. The van der Waals surface area contributed by atoms with E-state index < -0.39 is 17.8 Å². The van der Waals surface area contributed by atoms with Crippen LogP contribution in [-0.2, 0) is 4.79 Å². The Labute approximate surface area is 185 Å². The SMILES string of the molecule is CN(C=O)CC[C@@H](O)C#Cc1cc2c(cc1F)C1CC(C1)n1c-2nc(C(N)=O)c1C1CC1. The van der Waals surface area contributed by atoms with E-state index in [1.807, 2.05) is 0 Å². The van der Waals surface area contributed by atoms with E-state index in [1.54, 1.807) is 13.1 Å². The van der Waals surface area contributed by atoms with Crippen LogP contribution in [0.15, 0.2) is 12.1 Å². The normalized spacial score (nSPS) is 21.2. The van der Waals surface area contributed by atoms with Gasteiger partial charge in [-0.3, -0.25) is 9.59 Å². The van der Waals surface area contributed by atoms with Gasteiger partial charge < -0.3 is 20.3 Å². The molecule has 2 aromatic rings. The molecular formula is C24H25FN4O3. The first-order valence-corrected chi connectivity index (χ1v) is 11.0. The van der Waals surface area contributed by atoms with E-state index in [-0.39, 0.29) is 23.9 Å². The molecule has 32 heavy (non-hydrogen) atoms. The van der Waals surface area contributed by atoms with Crippen LogP contribution in [0.5, 0.6) is 0 Å². The number of primary amides is 1. The molecule has 4 aliphatic rings. The highest BCUT2D eigenvalue weighted by molar-refractivity contribution is 5.93. The zero-order valence-electron chi connectivity index (χ0n) is 17.8. The number of benzene rings is 1. The first-order valence-electron chi connectivity index (χ1n) is 11.0. The van der Waals surface area contributed by atoms with E-state index in [4.69, 9.17) is 5.73 Å². The fourth-order valence-electron chi connectivity index (χ4n) is 4.81. The van der Waals surface area contributed by atoms with Gasteiger partial charge in [-0.1, -0.05) is 11.8 Å². The van der Waals surface area contributed by atoms with Crippen molar-refractivity contribution in [2.75, 3.05) is 13.6 Å². The van der Waals surface area contributed by atoms with Gasteiger partial charge >= 0.3 is 0 Å². The van der Waals surface area contributed by atoms with Crippen LogP contribution in [0.1, 0.15) is 77.3 Å². The maximum Gasteiger partial charge on any atom is 0.269 e. The molecule has 2 bridgehead atoms. The van der Waals surface area contributed by atoms with Crippen molar-refractivity contribution >= 4 is 12.3 Å². The Morgan fingerprint density at radius 1 is 1.41 bits per heavy atom. The van der Waals surface area contributed by atoms with E-state index in [9.17, 15) is 19.1 Å². The summed E-state index contributed by atoms with van der Waals surface area (Å²) in [5.74, 6) is 5.68. The topological polar surface area (TPSA) is 101 Å². The lowest BCUT2D eigenvalue weighted by atomic mass is 9.75. The second-order valence-corrected chi connectivity index (χ2v) is 9.08. The van der Waals surface area contributed by atoms with Crippen molar-refractivity contribution < 1.29 is 19.1 Å². The molecule has 1 aromatic carbocycles. The van der Waals surface area contributed by atoms with E-state index >= 15 is 0 Å². The van der Waals surface area contributed by atoms with Crippen molar-refractivity contribution in [3.8, 4) is 23.2 Å². The molecule has 1 aromatic heterocycles. The van der Waals surface area contributed by atoms with Gasteiger partial charge in [-0.2, -0.15) is 0 Å². The van der Waals surface area contributed by atoms with E-state index in [2.05, 4.69) is 21.4 Å². The Hall–Kier alpha value is -3.18. The number of amides is 2. The van der Waals surface area contributed by atoms with E-state index in [1.165, 1.54) is 11.0 Å². The quantitative estimate of drug-likeness (QED) is 0.536. The van der Waals surface area contributed by atoms with Crippen LogP contribution in [0.4, 0.5) is 4.39 Å². The van der Waals surface area contributed by atoms with Crippen molar-refractivity contribution in [3.63, 3.8) is 0 Å². The van der Waals surface area contributed by atoms with Gasteiger partial charge in [-0.15, -0.1) is 0 Å². The van der Waals surface area contributed by atoms with Crippen molar-refractivity contribution in [2.24, 2.45) is 5.73 Å². The fourth-order valence-corrected chi connectivity index (χ4v) is 4.81. The number of carbonyl (C=O) groups is 2. The molecule has 2 fully saturated rings. The number of halogens is 1. The molecule has 0 saturated heterocycles. The Balaban J connectivity index is 1.55. The molecular weight excluding hydrogens is 411 g/mol. The van der Waals surface area contributed by atoms with Crippen molar-refractivity contribution in [2.45, 2.75) is 56.1 Å². The number of rotatable bonds is 6. The van der Waals surface area contributed by atoms with Gasteiger partial charge in [0.25, 0.3) is 5.91 Å². The minimum absolute atomic E-state index is 0.175. The predicted molar refractivity (Wildman–Crippen MR) is 115 cm³/mol. The number of carbonyl (C=O) groups excluding carboxylic acids is 2. The van der Waals surface area contributed by atoms with Gasteiger partial charge in [0, 0.05) is 37.5 Å². The Morgan fingerprint density at radius 3 is 2.81 bits per heavy atom. The minimum atomic E-state index is -0.978. The smallest absolute Gasteiger partial charge is 0.269 e. The summed E-state index contributed by atoms with van der Waals surface area (Å²) in [5, 5.41) is 10.1. The zero-order valence-corrected chi connectivity index (χ0v) is 17.8.